The van der Waals surface area contributed by atoms with Crippen molar-refractivity contribution in [1.82, 2.24) is 9.80 Å². The maximum Gasteiger partial charge on any atom is 0.0220 e. The van der Waals surface area contributed by atoms with Gasteiger partial charge in [0.25, 0.3) is 0 Å². The van der Waals surface area contributed by atoms with Crippen LogP contribution in [0.3, 0.4) is 0 Å². The first kappa shape index (κ1) is 12.9. The predicted octanol–water partition coefficient (Wildman–Crippen LogP) is 1.39. The summed E-state index contributed by atoms with van der Waals surface area (Å²) in [5, 5.41) is 0. The molecule has 0 aromatic heterocycles. The first-order valence-corrected chi connectivity index (χ1v) is 7.79. The number of nitrogens with zero attached hydrogens (tertiary/aromatic N) is 2. The molecule has 2 bridgehead atoms. The molecule has 3 fully saturated rings. The van der Waals surface area contributed by atoms with Crippen LogP contribution >= 0.6 is 0 Å². The van der Waals surface area contributed by atoms with Crippen LogP contribution in [0.5, 0.6) is 0 Å². The molecule has 0 aromatic rings. The van der Waals surface area contributed by atoms with Crippen molar-refractivity contribution in [2.24, 2.45) is 23.5 Å². The van der Waals surface area contributed by atoms with Crippen molar-refractivity contribution < 1.29 is 0 Å². The third-order valence-electron chi connectivity index (χ3n) is 5.88. The van der Waals surface area contributed by atoms with Crippen molar-refractivity contribution in [3.05, 3.63) is 0 Å². The summed E-state index contributed by atoms with van der Waals surface area (Å²) < 4.78 is 0. The molecule has 3 aliphatic rings. The van der Waals surface area contributed by atoms with Crippen LogP contribution in [0.2, 0.25) is 0 Å². The largest absolute Gasteiger partial charge is 0.327 e. The lowest BCUT2D eigenvalue weighted by Gasteiger charge is -2.39. The van der Waals surface area contributed by atoms with Gasteiger partial charge in [0, 0.05) is 25.2 Å². The second-order valence-electron chi connectivity index (χ2n) is 7.07. The van der Waals surface area contributed by atoms with E-state index in [4.69, 9.17) is 5.73 Å². The monoisotopic (exact) mass is 251 g/mol. The molecule has 3 nitrogen and oxygen atoms in total. The van der Waals surface area contributed by atoms with Crippen molar-refractivity contribution in [2.75, 3.05) is 33.7 Å². The molecule has 0 spiro atoms. The average molecular weight is 251 g/mol. The lowest BCUT2D eigenvalue weighted by atomic mass is 9.84. The Morgan fingerprint density at radius 3 is 2.67 bits per heavy atom. The molecule has 0 amide bonds. The van der Waals surface area contributed by atoms with Gasteiger partial charge in [-0.05, 0) is 70.5 Å². The molecular weight excluding hydrogens is 222 g/mol. The van der Waals surface area contributed by atoms with Crippen molar-refractivity contribution in [3.63, 3.8) is 0 Å². The van der Waals surface area contributed by atoms with E-state index in [1.165, 1.54) is 51.7 Å². The first-order chi connectivity index (χ1) is 8.65. The fourth-order valence-corrected chi connectivity index (χ4v) is 4.71. The number of likely N-dealkylation sites (N-methyl/N-ethyl adjacent to an activating group) is 2. The van der Waals surface area contributed by atoms with Gasteiger partial charge in [0.1, 0.15) is 0 Å². The molecule has 3 heteroatoms. The summed E-state index contributed by atoms with van der Waals surface area (Å²) >= 11 is 0. The van der Waals surface area contributed by atoms with Gasteiger partial charge in [-0.1, -0.05) is 0 Å². The minimum atomic E-state index is 0.493. The standard InChI is InChI=1S/C15H29N3/c1-17-7-3-4-13(9-17)18(2)10-14-11-5-6-12(8-11)15(14)16/h11-15H,3-10,16H2,1-2H3. The molecule has 2 saturated carbocycles. The fraction of sp³-hybridized carbons (Fsp3) is 1.00. The Labute approximate surface area is 112 Å². The Bertz CT molecular complexity index is 291. The lowest BCUT2D eigenvalue weighted by molar-refractivity contribution is 0.103. The van der Waals surface area contributed by atoms with Crippen LogP contribution in [0.25, 0.3) is 0 Å². The second kappa shape index (κ2) is 5.10. The van der Waals surface area contributed by atoms with Gasteiger partial charge in [-0.15, -0.1) is 0 Å². The van der Waals surface area contributed by atoms with Crippen LogP contribution in [0.15, 0.2) is 0 Å². The molecule has 1 saturated heterocycles. The molecule has 3 rings (SSSR count). The van der Waals surface area contributed by atoms with E-state index in [-0.39, 0.29) is 0 Å². The zero-order valence-corrected chi connectivity index (χ0v) is 12.0. The number of hydrogen-bond donors (Lipinski definition) is 1. The summed E-state index contributed by atoms with van der Waals surface area (Å²) in [7, 11) is 4.58. The van der Waals surface area contributed by atoms with Crippen molar-refractivity contribution in [1.29, 1.82) is 0 Å². The molecule has 5 unspecified atom stereocenters. The topological polar surface area (TPSA) is 32.5 Å². The van der Waals surface area contributed by atoms with E-state index in [0.717, 1.165) is 23.8 Å². The molecular formula is C15H29N3. The summed E-state index contributed by atoms with van der Waals surface area (Å²) in [6.07, 6.45) is 7.00. The molecule has 5 atom stereocenters. The maximum atomic E-state index is 6.43. The third-order valence-corrected chi connectivity index (χ3v) is 5.88. The Morgan fingerprint density at radius 2 is 2.00 bits per heavy atom. The molecule has 0 aromatic carbocycles. The third kappa shape index (κ3) is 2.33. The van der Waals surface area contributed by atoms with E-state index < -0.39 is 0 Å². The first-order valence-electron chi connectivity index (χ1n) is 7.79. The van der Waals surface area contributed by atoms with Crippen LogP contribution in [-0.4, -0.2) is 55.6 Å². The molecule has 18 heavy (non-hydrogen) atoms. The van der Waals surface area contributed by atoms with Crippen molar-refractivity contribution in [2.45, 2.75) is 44.2 Å². The Morgan fingerprint density at radius 1 is 1.22 bits per heavy atom. The van der Waals surface area contributed by atoms with Gasteiger partial charge in [-0.25, -0.2) is 0 Å². The number of nitrogens with two attached hydrogens (primary N) is 1. The zero-order chi connectivity index (χ0) is 12.7. The molecule has 2 aliphatic carbocycles. The van der Waals surface area contributed by atoms with Crippen LogP contribution in [0, 0.1) is 17.8 Å². The molecule has 2 N–H and O–H groups in total. The molecule has 1 heterocycles. The fourth-order valence-electron chi connectivity index (χ4n) is 4.71. The lowest BCUT2D eigenvalue weighted by Crippen LogP contribution is -2.49. The molecule has 1 aliphatic heterocycles. The summed E-state index contributed by atoms with van der Waals surface area (Å²) in [5.74, 6) is 2.57. The summed E-state index contributed by atoms with van der Waals surface area (Å²) in [5.41, 5.74) is 6.43. The molecule has 0 radical (unpaired) electrons. The van der Waals surface area contributed by atoms with Gasteiger partial charge in [0.2, 0.25) is 0 Å². The summed E-state index contributed by atoms with van der Waals surface area (Å²) in [6.45, 7) is 3.76. The van der Waals surface area contributed by atoms with E-state index in [9.17, 15) is 0 Å². The van der Waals surface area contributed by atoms with E-state index in [0.29, 0.717) is 6.04 Å². The smallest absolute Gasteiger partial charge is 0.0220 e. The number of likely N-dealkylation sites (tertiary alicyclic amines) is 1. The quantitative estimate of drug-likeness (QED) is 0.822. The highest BCUT2D eigenvalue weighted by atomic mass is 15.2. The highest BCUT2D eigenvalue weighted by Crippen LogP contribution is 2.47. The Hall–Kier alpha value is -0.120. The molecule has 104 valence electrons. The predicted molar refractivity (Wildman–Crippen MR) is 75.4 cm³/mol. The van der Waals surface area contributed by atoms with Gasteiger partial charge in [-0.3, -0.25) is 0 Å². The zero-order valence-electron chi connectivity index (χ0n) is 12.0. The highest BCUT2D eigenvalue weighted by molar-refractivity contribution is 5.00. The number of piperidine rings is 1. The Kier molecular flexibility index (Phi) is 3.65. The van der Waals surface area contributed by atoms with Crippen LogP contribution in [0.4, 0.5) is 0 Å². The van der Waals surface area contributed by atoms with Gasteiger partial charge in [0.05, 0.1) is 0 Å². The van der Waals surface area contributed by atoms with Gasteiger partial charge >= 0.3 is 0 Å². The van der Waals surface area contributed by atoms with E-state index in [2.05, 4.69) is 23.9 Å². The van der Waals surface area contributed by atoms with Crippen molar-refractivity contribution >= 4 is 0 Å². The number of rotatable bonds is 3. The number of fused-ring (bicyclic) bond motifs is 2. The van der Waals surface area contributed by atoms with Crippen LogP contribution < -0.4 is 5.73 Å². The SMILES string of the molecule is CN1CCCC(N(C)CC2C3CCC(C3)C2N)C1. The van der Waals surface area contributed by atoms with Crippen LogP contribution in [-0.2, 0) is 0 Å². The summed E-state index contributed by atoms with van der Waals surface area (Å²) in [6, 6.07) is 1.25. The van der Waals surface area contributed by atoms with E-state index in [1.54, 1.807) is 0 Å². The number of hydrogen-bond acceptors (Lipinski definition) is 3. The highest BCUT2D eigenvalue weighted by Gasteiger charge is 2.46. The van der Waals surface area contributed by atoms with Crippen LogP contribution in [0.1, 0.15) is 32.1 Å². The minimum absolute atomic E-state index is 0.493. The van der Waals surface area contributed by atoms with Crippen molar-refractivity contribution in [3.8, 4) is 0 Å². The van der Waals surface area contributed by atoms with Gasteiger partial charge in [0.15, 0.2) is 0 Å². The van der Waals surface area contributed by atoms with Gasteiger partial charge in [-0.2, -0.15) is 0 Å². The van der Waals surface area contributed by atoms with Gasteiger partial charge < -0.3 is 15.5 Å². The minimum Gasteiger partial charge on any atom is -0.327 e. The summed E-state index contributed by atoms with van der Waals surface area (Å²) in [4.78, 5) is 5.09. The normalized spacial score (nSPS) is 45.0. The second-order valence-corrected chi connectivity index (χ2v) is 7.07. The maximum absolute atomic E-state index is 6.43. The van der Waals surface area contributed by atoms with E-state index in [1.807, 2.05) is 0 Å². The van der Waals surface area contributed by atoms with E-state index >= 15 is 0 Å². The Balaban J connectivity index is 1.56. The average Bonchev–Trinajstić information content (AvgIpc) is 2.93.